The van der Waals surface area contributed by atoms with Crippen LogP contribution in [0.3, 0.4) is 0 Å². The molecule has 2 fully saturated rings. The van der Waals surface area contributed by atoms with Crippen LogP contribution in [-0.4, -0.2) is 70.9 Å². The SMILES string of the molecule is COC1C(O)C2=CC3=CCC4(C)C(c5ccc6c(C)[nH]nc6c5)=CCC4C34CCC2(CC1N(C)C)O4. The number of aliphatic hydroxyl groups is 1. The first kappa shape index (κ1) is 22.9. The third-order valence-corrected chi connectivity index (χ3v) is 10.4. The normalized spacial score (nSPS) is 41.0. The molecule has 2 aromatic rings. The third-order valence-electron chi connectivity index (χ3n) is 10.4. The van der Waals surface area contributed by atoms with Crippen molar-refractivity contribution in [3.63, 3.8) is 0 Å². The molecule has 1 aromatic heterocycles. The Labute approximate surface area is 213 Å². The first-order chi connectivity index (χ1) is 17.2. The number of aromatic amines is 1. The molecule has 1 aromatic carbocycles. The zero-order chi connectivity index (χ0) is 25.0. The maximum Gasteiger partial charge on any atom is 0.106 e. The Morgan fingerprint density at radius 2 is 2.06 bits per heavy atom. The van der Waals surface area contributed by atoms with E-state index in [0.717, 1.165) is 48.9 Å². The lowest BCUT2D eigenvalue weighted by Gasteiger charge is -2.56. The van der Waals surface area contributed by atoms with Crippen LogP contribution in [0.15, 0.2) is 47.6 Å². The van der Waals surface area contributed by atoms with E-state index in [2.05, 4.69) is 79.5 Å². The predicted molar refractivity (Wildman–Crippen MR) is 140 cm³/mol. The summed E-state index contributed by atoms with van der Waals surface area (Å²) in [5, 5.41) is 20.3. The van der Waals surface area contributed by atoms with Gasteiger partial charge in [-0.2, -0.15) is 5.10 Å². The Balaban J connectivity index is 1.29. The largest absolute Gasteiger partial charge is 0.386 e. The number of allylic oxidation sites excluding steroid dienone is 3. The fraction of sp³-hybridized carbons (Fsp3) is 0.567. The molecule has 2 N–H and O–H groups in total. The number of hydrogen-bond acceptors (Lipinski definition) is 5. The number of likely N-dealkylation sites (N-methyl/N-ethyl adjacent to an activating group) is 1. The highest BCUT2D eigenvalue weighted by Gasteiger charge is 2.67. The van der Waals surface area contributed by atoms with E-state index in [1.807, 2.05) is 0 Å². The minimum absolute atomic E-state index is 0.00268. The van der Waals surface area contributed by atoms with Crippen LogP contribution in [0.2, 0.25) is 0 Å². The van der Waals surface area contributed by atoms with Gasteiger partial charge in [0.15, 0.2) is 0 Å². The first-order valence-corrected chi connectivity index (χ1v) is 13.4. The van der Waals surface area contributed by atoms with Gasteiger partial charge >= 0.3 is 0 Å². The standard InChI is InChI=1S/C30H37N3O3/c1-17-20-7-6-18(14-23(20)32-31-17)21-8-9-25-28(21,2)11-10-19-15-22-26(34)27(35-5)24(33(3)4)16-29(22)12-13-30(19,25)36-29/h6-8,10,14-15,24-27,34H,9,11-13,16H2,1-5H3,(H,31,32). The molecule has 0 amide bonds. The second-order valence-electron chi connectivity index (χ2n) is 12.2. The molecule has 1 saturated carbocycles. The number of benzene rings is 1. The second-order valence-corrected chi connectivity index (χ2v) is 12.2. The van der Waals surface area contributed by atoms with Crippen molar-refractivity contribution in [2.24, 2.45) is 11.3 Å². The van der Waals surface area contributed by atoms with Gasteiger partial charge in [0, 0.05) is 35.6 Å². The summed E-state index contributed by atoms with van der Waals surface area (Å²) in [4.78, 5) is 2.19. The molecule has 6 heteroatoms. The summed E-state index contributed by atoms with van der Waals surface area (Å²) in [6.07, 6.45) is 11.1. The Morgan fingerprint density at radius 3 is 2.83 bits per heavy atom. The molecular formula is C30H37N3O3. The van der Waals surface area contributed by atoms with Crippen LogP contribution in [0, 0.1) is 18.3 Å². The number of aliphatic hydroxyl groups excluding tert-OH is 1. The van der Waals surface area contributed by atoms with E-state index in [1.165, 1.54) is 22.1 Å². The molecule has 2 aliphatic heterocycles. The number of H-pyrrole nitrogens is 1. The summed E-state index contributed by atoms with van der Waals surface area (Å²) in [7, 11) is 5.87. The molecule has 7 atom stereocenters. The van der Waals surface area contributed by atoms with Gasteiger partial charge in [0.05, 0.1) is 16.7 Å². The molecule has 2 spiro atoms. The van der Waals surface area contributed by atoms with Crippen molar-refractivity contribution in [3.8, 4) is 0 Å². The fourth-order valence-electron chi connectivity index (χ4n) is 8.52. The topological polar surface area (TPSA) is 70.6 Å². The van der Waals surface area contributed by atoms with E-state index >= 15 is 0 Å². The van der Waals surface area contributed by atoms with Gasteiger partial charge < -0.3 is 19.5 Å². The molecule has 2 bridgehead atoms. The molecule has 3 heterocycles. The second kappa shape index (κ2) is 7.41. The minimum Gasteiger partial charge on any atom is -0.386 e. The van der Waals surface area contributed by atoms with Crippen molar-refractivity contribution in [2.75, 3.05) is 21.2 Å². The smallest absolute Gasteiger partial charge is 0.106 e. The fourth-order valence-corrected chi connectivity index (χ4v) is 8.52. The summed E-state index contributed by atoms with van der Waals surface area (Å²) < 4.78 is 13.2. The Bertz CT molecular complexity index is 1350. The van der Waals surface area contributed by atoms with Crippen LogP contribution in [0.4, 0.5) is 0 Å². The molecule has 1 saturated heterocycles. The van der Waals surface area contributed by atoms with Crippen molar-refractivity contribution < 1.29 is 14.6 Å². The van der Waals surface area contributed by atoms with E-state index < -0.39 is 11.7 Å². The monoisotopic (exact) mass is 487 g/mol. The Kier molecular flexibility index (Phi) is 4.72. The highest BCUT2D eigenvalue weighted by atomic mass is 16.5. The van der Waals surface area contributed by atoms with Crippen LogP contribution in [0.25, 0.3) is 16.5 Å². The quantitative estimate of drug-likeness (QED) is 0.665. The van der Waals surface area contributed by atoms with Crippen molar-refractivity contribution >= 4 is 16.5 Å². The summed E-state index contributed by atoms with van der Waals surface area (Å²) in [6, 6.07) is 6.83. The van der Waals surface area contributed by atoms with E-state index in [4.69, 9.17) is 9.47 Å². The lowest BCUT2D eigenvalue weighted by molar-refractivity contribution is -0.166. The number of aromatic nitrogens is 2. The van der Waals surface area contributed by atoms with Crippen LogP contribution < -0.4 is 0 Å². The van der Waals surface area contributed by atoms with E-state index in [9.17, 15) is 5.11 Å². The van der Waals surface area contributed by atoms with Gasteiger partial charge in [-0.05, 0) is 81.5 Å². The number of rotatable bonds is 3. The first-order valence-electron chi connectivity index (χ1n) is 13.4. The average Bonchev–Trinajstić information content (AvgIpc) is 3.50. The molecule has 6 nitrogen and oxygen atoms in total. The number of nitrogens with one attached hydrogen (secondary N) is 1. The summed E-state index contributed by atoms with van der Waals surface area (Å²) >= 11 is 0. The Hall–Kier alpha value is -2.25. The highest BCUT2D eigenvalue weighted by molar-refractivity contribution is 5.86. The van der Waals surface area contributed by atoms with Crippen molar-refractivity contribution in [1.29, 1.82) is 0 Å². The molecule has 5 aliphatic rings. The summed E-state index contributed by atoms with van der Waals surface area (Å²) in [5.74, 6) is 0.379. The molecular weight excluding hydrogens is 450 g/mol. The van der Waals surface area contributed by atoms with E-state index in [-0.39, 0.29) is 23.2 Å². The lowest BCUT2D eigenvalue weighted by Crippen LogP contribution is -2.62. The molecule has 7 rings (SSSR count). The van der Waals surface area contributed by atoms with Crippen LogP contribution in [-0.2, 0) is 9.47 Å². The molecule has 190 valence electrons. The highest BCUT2D eigenvalue weighted by Crippen LogP contribution is 2.67. The average molecular weight is 488 g/mol. The molecule has 3 aliphatic carbocycles. The Morgan fingerprint density at radius 1 is 1.22 bits per heavy atom. The zero-order valence-electron chi connectivity index (χ0n) is 22.0. The van der Waals surface area contributed by atoms with E-state index in [1.54, 1.807) is 7.11 Å². The van der Waals surface area contributed by atoms with Crippen molar-refractivity contribution in [1.82, 2.24) is 15.1 Å². The number of aryl methyl sites for hydroxylation is 1. The van der Waals surface area contributed by atoms with Crippen LogP contribution >= 0.6 is 0 Å². The van der Waals surface area contributed by atoms with Crippen LogP contribution in [0.5, 0.6) is 0 Å². The van der Waals surface area contributed by atoms with Crippen LogP contribution in [0.1, 0.15) is 50.3 Å². The van der Waals surface area contributed by atoms with Crippen molar-refractivity contribution in [3.05, 3.63) is 58.8 Å². The van der Waals surface area contributed by atoms with Gasteiger partial charge in [-0.3, -0.25) is 5.10 Å². The van der Waals surface area contributed by atoms with Gasteiger partial charge in [-0.25, -0.2) is 0 Å². The lowest BCUT2D eigenvalue weighted by atomic mass is 9.58. The minimum atomic E-state index is -0.650. The number of ether oxygens (including phenoxy) is 2. The number of nitrogens with zero attached hydrogens (tertiary/aromatic N) is 2. The molecule has 0 radical (unpaired) electrons. The predicted octanol–water partition coefficient (Wildman–Crippen LogP) is 4.55. The van der Waals surface area contributed by atoms with Gasteiger partial charge in [-0.15, -0.1) is 0 Å². The van der Waals surface area contributed by atoms with Gasteiger partial charge in [0.25, 0.3) is 0 Å². The maximum absolute atomic E-state index is 11.5. The number of methoxy groups -OCH3 is 1. The van der Waals surface area contributed by atoms with Gasteiger partial charge in [-0.1, -0.05) is 37.3 Å². The van der Waals surface area contributed by atoms with Gasteiger partial charge in [0.2, 0.25) is 0 Å². The number of hydrogen-bond donors (Lipinski definition) is 2. The van der Waals surface area contributed by atoms with E-state index in [0.29, 0.717) is 5.92 Å². The molecule has 7 unspecified atom stereocenters. The summed E-state index contributed by atoms with van der Waals surface area (Å²) in [6.45, 7) is 4.51. The van der Waals surface area contributed by atoms with Crippen molar-refractivity contribution in [2.45, 2.75) is 75.4 Å². The van der Waals surface area contributed by atoms with Gasteiger partial charge in [0.1, 0.15) is 12.2 Å². The maximum atomic E-state index is 11.5. The zero-order valence-corrected chi connectivity index (χ0v) is 22.0. The number of fused-ring (bicyclic) bond motifs is 2. The third kappa shape index (κ3) is 2.74. The summed E-state index contributed by atoms with van der Waals surface area (Å²) in [5.41, 5.74) is 6.45. The molecule has 36 heavy (non-hydrogen) atoms.